The smallest absolute Gasteiger partial charge is 0.342 e. The van der Waals surface area contributed by atoms with Gasteiger partial charge in [0.25, 0.3) is 0 Å². The molecule has 0 saturated heterocycles. The van der Waals surface area contributed by atoms with E-state index in [0.717, 1.165) is 0 Å². The summed E-state index contributed by atoms with van der Waals surface area (Å²) in [6.07, 6.45) is 3.05. The molecule has 0 bridgehead atoms. The summed E-state index contributed by atoms with van der Waals surface area (Å²) in [6, 6.07) is 4.78. The first-order valence-electron chi connectivity index (χ1n) is 10.3. The molecule has 1 aromatic carbocycles. The van der Waals surface area contributed by atoms with E-state index in [2.05, 4.69) is 28.4 Å². The molecular formula is C24H27N3O6. The van der Waals surface area contributed by atoms with Crippen LogP contribution in [-0.2, 0) is 27.4 Å². The first-order valence-corrected chi connectivity index (χ1v) is 10.3. The number of aromatic hydroxyl groups is 1. The van der Waals surface area contributed by atoms with Crippen molar-refractivity contribution in [3.8, 4) is 11.5 Å². The van der Waals surface area contributed by atoms with E-state index >= 15 is 0 Å². The number of benzene rings is 1. The van der Waals surface area contributed by atoms with E-state index in [0.29, 0.717) is 34.1 Å². The largest absolute Gasteiger partial charge is 0.506 e. The Hall–Kier alpha value is -3.56. The molecule has 1 aliphatic rings. The van der Waals surface area contributed by atoms with Gasteiger partial charge in [-0.05, 0) is 39.0 Å². The van der Waals surface area contributed by atoms with Crippen LogP contribution in [0.4, 0.5) is 11.5 Å². The number of carbonyl (C=O) groups is 1. The van der Waals surface area contributed by atoms with Crippen molar-refractivity contribution in [1.82, 2.24) is 4.98 Å². The lowest BCUT2D eigenvalue weighted by molar-refractivity contribution is -0.219. The van der Waals surface area contributed by atoms with Crippen LogP contribution in [0.1, 0.15) is 41.0 Å². The minimum absolute atomic E-state index is 0.0428. The van der Waals surface area contributed by atoms with Crippen molar-refractivity contribution in [3.63, 3.8) is 0 Å². The molecule has 2 aromatic rings. The Morgan fingerprint density at radius 3 is 2.58 bits per heavy atom. The van der Waals surface area contributed by atoms with Gasteiger partial charge < -0.3 is 24.1 Å². The summed E-state index contributed by atoms with van der Waals surface area (Å²) < 4.78 is 22.2. The molecule has 2 heterocycles. The second-order valence-corrected chi connectivity index (χ2v) is 7.67. The molecule has 33 heavy (non-hydrogen) atoms. The van der Waals surface area contributed by atoms with E-state index in [1.54, 1.807) is 39.0 Å². The summed E-state index contributed by atoms with van der Waals surface area (Å²) in [5.41, 5.74) is 2.13. The van der Waals surface area contributed by atoms with Gasteiger partial charge in [0.2, 0.25) is 0 Å². The van der Waals surface area contributed by atoms with Crippen molar-refractivity contribution in [2.45, 2.75) is 39.8 Å². The Balaban J connectivity index is 1.96. The molecule has 0 atom stereocenters. The highest BCUT2D eigenvalue weighted by molar-refractivity contribution is 5.93. The summed E-state index contributed by atoms with van der Waals surface area (Å²) in [4.78, 5) is 16.8. The maximum Gasteiger partial charge on any atom is 0.342 e. The number of ether oxygens (including phenoxy) is 4. The summed E-state index contributed by atoms with van der Waals surface area (Å²) in [7, 11) is 0. The van der Waals surface area contributed by atoms with Gasteiger partial charge in [-0.3, -0.25) is 0 Å². The van der Waals surface area contributed by atoms with Crippen LogP contribution in [0.15, 0.2) is 53.7 Å². The Morgan fingerprint density at radius 2 is 1.88 bits per heavy atom. The van der Waals surface area contributed by atoms with Gasteiger partial charge in [0.15, 0.2) is 11.6 Å². The first kappa shape index (κ1) is 24.1. The Kier molecular flexibility index (Phi) is 7.57. The fourth-order valence-electron chi connectivity index (χ4n) is 3.03. The van der Waals surface area contributed by atoms with Crippen LogP contribution in [0, 0.1) is 6.92 Å². The van der Waals surface area contributed by atoms with E-state index in [1.807, 2.05) is 0 Å². The summed E-state index contributed by atoms with van der Waals surface area (Å²) in [5, 5.41) is 19.0. The van der Waals surface area contributed by atoms with Gasteiger partial charge in [-0.2, -0.15) is 0 Å². The average Bonchev–Trinajstić information content (AvgIpc) is 2.96. The molecule has 0 aliphatic carbocycles. The van der Waals surface area contributed by atoms with Crippen molar-refractivity contribution < 1.29 is 28.8 Å². The molecule has 1 aromatic heterocycles. The highest BCUT2D eigenvalue weighted by atomic mass is 16.7. The number of hydrogen-bond donors (Lipinski definition) is 1. The number of rotatable bonds is 8. The summed E-state index contributed by atoms with van der Waals surface area (Å²) in [5.74, 6) is -0.726. The van der Waals surface area contributed by atoms with E-state index in [1.165, 1.54) is 12.1 Å². The number of hydrogen-bond acceptors (Lipinski definition) is 9. The highest BCUT2D eigenvalue weighted by Gasteiger charge is 2.28. The quantitative estimate of drug-likeness (QED) is 0.332. The van der Waals surface area contributed by atoms with Crippen molar-refractivity contribution in [2.75, 3.05) is 13.2 Å². The molecule has 0 radical (unpaired) electrons. The van der Waals surface area contributed by atoms with E-state index in [9.17, 15) is 9.90 Å². The van der Waals surface area contributed by atoms with Crippen LogP contribution >= 0.6 is 0 Å². The van der Waals surface area contributed by atoms with Gasteiger partial charge in [-0.1, -0.05) is 25.3 Å². The Labute approximate surface area is 192 Å². The second-order valence-electron chi connectivity index (χ2n) is 7.67. The predicted octanol–water partition coefficient (Wildman–Crippen LogP) is 5.20. The molecule has 0 saturated carbocycles. The van der Waals surface area contributed by atoms with Gasteiger partial charge in [0, 0.05) is 11.1 Å². The molecule has 1 N–H and O–H groups in total. The number of aromatic nitrogens is 1. The van der Waals surface area contributed by atoms with Gasteiger partial charge in [0.1, 0.15) is 30.3 Å². The van der Waals surface area contributed by atoms with Crippen molar-refractivity contribution >= 4 is 17.5 Å². The first-order chi connectivity index (χ1) is 15.8. The van der Waals surface area contributed by atoms with Crippen molar-refractivity contribution in [2.24, 2.45) is 10.2 Å². The average molecular weight is 453 g/mol. The summed E-state index contributed by atoms with van der Waals surface area (Å²) >= 11 is 0. The standard InChI is InChI=1S/C24H27N3O6/c1-6-10-30-20-9-8-16(12-17(20)23(29)31-11-7-2)26-27-22-19-14-33-24(4,5)32-13-18(19)21(28)15(3)25-22/h6-9,12,28H,1-2,10-11,13-14H2,3-5H3. The number of nitrogens with zero attached hydrogens (tertiary/aromatic N) is 3. The van der Waals surface area contributed by atoms with Crippen molar-refractivity contribution in [3.05, 3.63) is 65.9 Å². The van der Waals surface area contributed by atoms with Gasteiger partial charge in [0.05, 0.1) is 24.6 Å². The molecule has 0 fully saturated rings. The Bertz CT molecular complexity index is 1090. The molecule has 9 nitrogen and oxygen atoms in total. The third-order valence-corrected chi connectivity index (χ3v) is 4.80. The zero-order chi connectivity index (χ0) is 24.0. The third kappa shape index (κ3) is 5.82. The number of esters is 1. The van der Waals surface area contributed by atoms with E-state index in [-0.39, 0.29) is 37.7 Å². The minimum Gasteiger partial charge on any atom is -0.506 e. The molecule has 0 spiro atoms. The minimum atomic E-state index is -0.824. The number of azo groups is 1. The van der Waals surface area contributed by atoms with Crippen LogP contribution in [0.2, 0.25) is 0 Å². The molecular weight excluding hydrogens is 426 g/mol. The van der Waals surface area contributed by atoms with Gasteiger partial charge >= 0.3 is 5.97 Å². The zero-order valence-electron chi connectivity index (χ0n) is 19.0. The fraction of sp³-hybridized carbons (Fsp3) is 0.333. The number of fused-ring (bicyclic) bond motifs is 1. The third-order valence-electron chi connectivity index (χ3n) is 4.80. The topological polar surface area (TPSA) is 112 Å². The molecule has 9 heteroatoms. The van der Waals surface area contributed by atoms with Gasteiger partial charge in [-0.25, -0.2) is 9.78 Å². The fourth-order valence-corrected chi connectivity index (χ4v) is 3.03. The zero-order valence-corrected chi connectivity index (χ0v) is 19.0. The second kappa shape index (κ2) is 10.4. The number of aryl methyl sites for hydroxylation is 1. The van der Waals surface area contributed by atoms with Gasteiger partial charge in [-0.15, -0.1) is 10.2 Å². The lowest BCUT2D eigenvalue weighted by Gasteiger charge is -2.22. The highest BCUT2D eigenvalue weighted by Crippen LogP contribution is 2.37. The number of pyridine rings is 1. The van der Waals surface area contributed by atoms with Crippen LogP contribution in [0.5, 0.6) is 11.5 Å². The summed E-state index contributed by atoms with van der Waals surface area (Å²) in [6.45, 7) is 13.0. The molecule has 0 amide bonds. The molecule has 3 rings (SSSR count). The lowest BCUT2D eigenvalue weighted by atomic mass is 10.1. The monoisotopic (exact) mass is 453 g/mol. The Morgan fingerprint density at radius 1 is 1.18 bits per heavy atom. The predicted molar refractivity (Wildman–Crippen MR) is 121 cm³/mol. The molecule has 1 aliphatic heterocycles. The van der Waals surface area contributed by atoms with Crippen LogP contribution in [0.25, 0.3) is 0 Å². The maximum absolute atomic E-state index is 12.5. The van der Waals surface area contributed by atoms with E-state index in [4.69, 9.17) is 18.9 Å². The van der Waals surface area contributed by atoms with Crippen LogP contribution in [0.3, 0.4) is 0 Å². The van der Waals surface area contributed by atoms with Crippen LogP contribution < -0.4 is 4.74 Å². The van der Waals surface area contributed by atoms with E-state index < -0.39 is 11.8 Å². The SMILES string of the molecule is C=CCOC(=O)c1cc(N=Nc2nc(C)c(O)c3c2COC(C)(C)OC3)ccc1OCC=C. The molecule has 0 unspecified atom stereocenters. The van der Waals surface area contributed by atoms with Crippen molar-refractivity contribution in [1.29, 1.82) is 0 Å². The normalized spacial score (nSPS) is 14.9. The van der Waals surface area contributed by atoms with Crippen LogP contribution in [-0.4, -0.2) is 35.1 Å². The maximum atomic E-state index is 12.5. The number of carbonyl (C=O) groups excluding carboxylic acids is 1. The molecule has 174 valence electrons. The lowest BCUT2D eigenvalue weighted by Crippen LogP contribution is -2.25.